The summed E-state index contributed by atoms with van der Waals surface area (Å²) in [5.41, 5.74) is 8.74. The van der Waals surface area contributed by atoms with Crippen molar-refractivity contribution in [1.82, 2.24) is 19.4 Å². The summed E-state index contributed by atoms with van der Waals surface area (Å²) in [6.45, 7) is 5.41. The van der Waals surface area contributed by atoms with Crippen molar-refractivity contribution in [2.45, 2.75) is 6.54 Å². The maximum Gasteiger partial charge on any atom is 0.123 e. The van der Waals surface area contributed by atoms with Crippen LogP contribution in [0.4, 0.5) is 5.69 Å². The normalized spacial score (nSPS) is 15.7. The number of nitrogen functional groups attached to an aromatic ring is 1. The first-order valence-corrected chi connectivity index (χ1v) is 6.75. The first kappa shape index (κ1) is 21.3. The van der Waals surface area contributed by atoms with E-state index < -0.39 is 0 Å². The quantitative estimate of drug-likeness (QED) is 0.825. The van der Waals surface area contributed by atoms with E-state index in [9.17, 15) is 0 Å². The van der Waals surface area contributed by atoms with Gasteiger partial charge in [0.05, 0.1) is 17.6 Å². The summed E-state index contributed by atoms with van der Waals surface area (Å²) in [5, 5.41) is 0. The molecule has 22 heavy (non-hydrogen) atoms. The number of piperazine rings is 1. The van der Waals surface area contributed by atoms with E-state index in [0.717, 1.165) is 55.3 Å². The molecule has 5 nitrogen and oxygen atoms in total. The molecule has 126 valence electrons. The van der Waals surface area contributed by atoms with Crippen LogP contribution in [0.2, 0.25) is 0 Å². The van der Waals surface area contributed by atoms with Gasteiger partial charge < -0.3 is 15.2 Å². The van der Waals surface area contributed by atoms with Crippen LogP contribution in [-0.2, 0) is 13.6 Å². The average molecular weight is 369 g/mol. The standard InChI is InChI=1S/C14H21N5.3ClH/c1-17-5-7-19(8-6-17)10-14-16-12-9-11(15)3-4-13(12)18(14)2;;;/h3-4,9H,5-8,10,15H2,1-2H3;3*1H. The molecule has 0 bridgehead atoms. The third kappa shape index (κ3) is 4.40. The fourth-order valence-electron chi connectivity index (χ4n) is 2.61. The number of benzene rings is 1. The van der Waals surface area contributed by atoms with Crippen LogP contribution in [0.15, 0.2) is 18.2 Å². The van der Waals surface area contributed by atoms with E-state index in [1.807, 2.05) is 18.2 Å². The number of hydrogen-bond donors (Lipinski definition) is 1. The minimum atomic E-state index is 0. The Morgan fingerprint density at radius 1 is 1.05 bits per heavy atom. The van der Waals surface area contributed by atoms with Gasteiger partial charge >= 0.3 is 0 Å². The summed E-state index contributed by atoms with van der Waals surface area (Å²) >= 11 is 0. The molecule has 1 aromatic heterocycles. The number of halogens is 3. The van der Waals surface area contributed by atoms with Crippen molar-refractivity contribution < 1.29 is 0 Å². The third-order valence-electron chi connectivity index (χ3n) is 3.96. The highest BCUT2D eigenvalue weighted by Crippen LogP contribution is 2.19. The molecular formula is C14H24Cl3N5. The molecule has 1 aliphatic heterocycles. The number of fused-ring (bicyclic) bond motifs is 1. The summed E-state index contributed by atoms with van der Waals surface area (Å²) < 4.78 is 2.17. The molecule has 0 saturated carbocycles. The van der Waals surface area contributed by atoms with Gasteiger partial charge in [-0.2, -0.15) is 0 Å². The molecule has 2 aromatic rings. The Bertz CT molecular complexity index is 593. The second-order valence-electron chi connectivity index (χ2n) is 5.41. The molecule has 0 atom stereocenters. The van der Waals surface area contributed by atoms with Crippen molar-refractivity contribution in [3.63, 3.8) is 0 Å². The number of likely N-dealkylation sites (N-methyl/N-ethyl adjacent to an activating group) is 1. The van der Waals surface area contributed by atoms with Crippen LogP contribution < -0.4 is 5.73 Å². The molecular weight excluding hydrogens is 345 g/mol. The van der Waals surface area contributed by atoms with Gasteiger partial charge in [-0.05, 0) is 25.2 Å². The predicted molar refractivity (Wildman–Crippen MR) is 99.6 cm³/mol. The summed E-state index contributed by atoms with van der Waals surface area (Å²) in [5.74, 6) is 1.12. The van der Waals surface area contributed by atoms with Gasteiger partial charge in [0.25, 0.3) is 0 Å². The topological polar surface area (TPSA) is 50.3 Å². The van der Waals surface area contributed by atoms with E-state index in [-0.39, 0.29) is 37.2 Å². The molecule has 1 aliphatic rings. The highest BCUT2D eigenvalue weighted by atomic mass is 35.5. The Morgan fingerprint density at radius 2 is 1.68 bits per heavy atom. The van der Waals surface area contributed by atoms with Crippen molar-refractivity contribution in [3.8, 4) is 0 Å². The maximum atomic E-state index is 5.82. The molecule has 2 heterocycles. The van der Waals surface area contributed by atoms with Crippen molar-refractivity contribution in [2.24, 2.45) is 7.05 Å². The molecule has 0 aliphatic carbocycles. The maximum absolute atomic E-state index is 5.82. The van der Waals surface area contributed by atoms with Gasteiger partial charge in [0, 0.05) is 38.9 Å². The summed E-state index contributed by atoms with van der Waals surface area (Å²) in [7, 11) is 4.26. The zero-order valence-electron chi connectivity index (χ0n) is 12.9. The van der Waals surface area contributed by atoms with Crippen molar-refractivity contribution in [2.75, 3.05) is 39.0 Å². The molecule has 8 heteroatoms. The number of hydrogen-bond acceptors (Lipinski definition) is 4. The molecule has 3 rings (SSSR count). The van der Waals surface area contributed by atoms with Gasteiger partial charge in [0.1, 0.15) is 5.82 Å². The molecule has 2 N–H and O–H groups in total. The Balaban J connectivity index is 0.00000147. The Morgan fingerprint density at radius 3 is 2.32 bits per heavy atom. The van der Waals surface area contributed by atoms with Crippen molar-refractivity contribution >= 4 is 53.9 Å². The highest BCUT2D eigenvalue weighted by Gasteiger charge is 2.16. The van der Waals surface area contributed by atoms with Crippen LogP contribution in [0.25, 0.3) is 11.0 Å². The number of nitrogens with two attached hydrogens (primary N) is 1. The van der Waals surface area contributed by atoms with Crippen LogP contribution >= 0.6 is 37.2 Å². The van der Waals surface area contributed by atoms with Crippen LogP contribution in [0.3, 0.4) is 0 Å². The molecule has 1 saturated heterocycles. The fourth-order valence-corrected chi connectivity index (χ4v) is 2.61. The van der Waals surface area contributed by atoms with E-state index in [2.05, 4.69) is 28.5 Å². The minimum Gasteiger partial charge on any atom is -0.399 e. The van der Waals surface area contributed by atoms with Gasteiger partial charge in [0.15, 0.2) is 0 Å². The number of aromatic nitrogens is 2. The number of imidazole rings is 1. The van der Waals surface area contributed by atoms with E-state index in [0.29, 0.717) is 0 Å². The summed E-state index contributed by atoms with van der Waals surface area (Å²) in [4.78, 5) is 9.54. The van der Waals surface area contributed by atoms with Gasteiger partial charge in [-0.1, -0.05) is 0 Å². The lowest BCUT2D eigenvalue weighted by Crippen LogP contribution is -2.44. The Labute approximate surface area is 150 Å². The zero-order valence-corrected chi connectivity index (χ0v) is 15.3. The smallest absolute Gasteiger partial charge is 0.123 e. The lowest BCUT2D eigenvalue weighted by molar-refractivity contribution is 0.144. The van der Waals surface area contributed by atoms with Gasteiger partial charge in [-0.15, -0.1) is 37.2 Å². The predicted octanol–water partition coefficient (Wildman–Crippen LogP) is 2.17. The monoisotopic (exact) mass is 367 g/mol. The molecule has 0 amide bonds. The molecule has 1 fully saturated rings. The van der Waals surface area contributed by atoms with Crippen LogP contribution in [0.5, 0.6) is 0 Å². The lowest BCUT2D eigenvalue weighted by atomic mass is 10.3. The number of nitrogens with zero attached hydrogens (tertiary/aromatic N) is 4. The van der Waals surface area contributed by atoms with Crippen molar-refractivity contribution in [1.29, 1.82) is 0 Å². The van der Waals surface area contributed by atoms with E-state index >= 15 is 0 Å². The second kappa shape index (κ2) is 8.79. The zero-order chi connectivity index (χ0) is 13.4. The van der Waals surface area contributed by atoms with Crippen LogP contribution in [0, 0.1) is 0 Å². The first-order chi connectivity index (χ1) is 9.13. The van der Waals surface area contributed by atoms with E-state index in [1.165, 1.54) is 0 Å². The highest BCUT2D eigenvalue weighted by molar-refractivity contribution is 5.86. The average Bonchev–Trinajstić information content (AvgIpc) is 2.68. The summed E-state index contributed by atoms with van der Waals surface area (Å²) in [6, 6.07) is 5.93. The second-order valence-corrected chi connectivity index (χ2v) is 5.41. The van der Waals surface area contributed by atoms with E-state index in [1.54, 1.807) is 0 Å². The fraction of sp³-hybridized carbons (Fsp3) is 0.500. The summed E-state index contributed by atoms with van der Waals surface area (Å²) in [6.07, 6.45) is 0. The Kier molecular flexibility index (Phi) is 8.51. The van der Waals surface area contributed by atoms with Gasteiger partial charge in [-0.3, -0.25) is 4.90 Å². The van der Waals surface area contributed by atoms with Crippen LogP contribution in [0.1, 0.15) is 5.82 Å². The van der Waals surface area contributed by atoms with Crippen molar-refractivity contribution in [3.05, 3.63) is 24.0 Å². The van der Waals surface area contributed by atoms with Gasteiger partial charge in [0.2, 0.25) is 0 Å². The Hall–Kier alpha value is -0.720. The van der Waals surface area contributed by atoms with Gasteiger partial charge in [-0.25, -0.2) is 4.98 Å². The number of anilines is 1. The molecule has 0 unspecified atom stereocenters. The SMILES string of the molecule is CN1CCN(Cc2nc3cc(N)ccc3n2C)CC1.Cl.Cl.Cl. The molecule has 0 spiro atoms. The number of rotatable bonds is 2. The molecule has 1 aromatic carbocycles. The molecule has 0 radical (unpaired) electrons. The third-order valence-corrected chi connectivity index (χ3v) is 3.96. The number of aryl methyl sites for hydroxylation is 1. The van der Waals surface area contributed by atoms with Crippen LogP contribution in [-0.4, -0.2) is 52.6 Å². The lowest BCUT2D eigenvalue weighted by Gasteiger charge is -2.31. The minimum absolute atomic E-state index is 0. The first-order valence-electron chi connectivity index (χ1n) is 6.75. The van der Waals surface area contributed by atoms with E-state index in [4.69, 9.17) is 10.7 Å². The largest absolute Gasteiger partial charge is 0.399 e.